The van der Waals surface area contributed by atoms with E-state index in [0.29, 0.717) is 0 Å². The van der Waals surface area contributed by atoms with Gasteiger partial charge in [-0.15, -0.1) is 13.0 Å². The molecular formula is C14H28O2Si2. The summed E-state index contributed by atoms with van der Waals surface area (Å²) in [6.07, 6.45) is 10.1. The van der Waals surface area contributed by atoms with Crippen LogP contribution in [-0.2, 0) is 4.12 Å². The van der Waals surface area contributed by atoms with Crippen molar-refractivity contribution in [1.82, 2.24) is 0 Å². The maximum atomic E-state index is 9.44. The quantitative estimate of drug-likeness (QED) is 0.637. The van der Waals surface area contributed by atoms with Crippen molar-refractivity contribution in [2.24, 2.45) is 0 Å². The van der Waals surface area contributed by atoms with Gasteiger partial charge in [-0.2, -0.15) is 0 Å². The maximum absolute atomic E-state index is 9.44. The summed E-state index contributed by atoms with van der Waals surface area (Å²) in [5.74, 6) is 2.44. The first-order valence-corrected chi connectivity index (χ1v) is 12.5. The summed E-state index contributed by atoms with van der Waals surface area (Å²) in [5.41, 5.74) is 1.23. The number of rotatable bonds is 3. The first-order chi connectivity index (χ1) is 8.24. The first-order valence-electron chi connectivity index (χ1n) is 6.76. The SMILES string of the molecule is C#CC1(O)CCCCC1.C=C[Si](C)(C)O[SiH](C)C. The third-order valence-corrected chi connectivity index (χ3v) is 8.28. The zero-order chi connectivity index (χ0) is 14.2. The normalized spacial score (nSPS) is 18.5. The lowest BCUT2D eigenvalue weighted by Crippen LogP contribution is -2.32. The van der Waals surface area contributed by atoms with Gasteiger partial charge < -0.3 is 9.22 Å². The molecule has 2 nitrogen and oxygen atoms in total. The minimum atomic E-state index is -1.41. The van der Waals surface area contributed by atoms with Gasteiger partial charge in [0.15, 0.2) is 17.4 Å². The molecule has 0 amide bonds. The highest BCUT2D eigenvalue weighted by atomic mass is 28.4. The second-order valence-electron chi connectivity index (χ2n) is 5.71. The second kappa shape index (κ2) is 7.95. The van der Waals surface area contributed by atoms with Crippen molar-refractivity contribution in [3.8, 4) is 12.3 Å². The summed E-state index contributed by atoms with van der Waals surface area (Å²) in [7, 11) is -2.24. The Morgan fingerprint density at radius 2 is 1.83 bits per heavy atom. The molecular weight excluding hydrogens is 256 g/mol. The molecule has 0 spiro atoms. The number of aliphatic hydroxyl groups is 1. The van der Waals surface area contributed by atoms with Gasteiger partial charge in [0.1, 0.15) is 5.60 Å². The molecule has 0 unspecified atom stereocenters. The van der Waals surface area contributed by atoms with Crippen LogP contribution in [0.25, 0.3) is 0 Å². The summed E-state index contributed by atoms with van der Waals surface area (Å²) in [6.45, 7) is 12.5. The summed E-state index contributed by atoms with van der Waals surface area (Å²) in [6, 6.07) is 0. The Kier molecular flexibility index (Phi) is 7.80. The fourth-order valence-electron chi connectivity index (χ4n) is 1.94. The summed E-state index contributed by atoms with van der Waals surface area (Å²) in [5, 5.41) is 9.44. The standard InChI is InChI=1S/C8H12O.C6H16OSi2/c1-2-8(9)6-4-3-5-7-8;1-6-9(4,5)7-8(2)3/h1,9H,3-7H2;6,8H,1H2,2-5H3. The Labute approximate surface area is 115 Å². The van der Waals surface area contributed by atoms with Crippen LogP contribution in [0.4, 0.5) is 0 Å². The third-order valence-electron chi connectivity index (χ3n) is 2.98. The number of hydrogen-bond donors (Lipinski definition) is 1. The van der Waals surface area contributed by atoms with Crippen LogP contribution in [0.15, 0.2) is 12.3 Å². The monoisotopic (exact) mass is 284 g/mol. The largest absolute Gasteiger partial charge is 0.455 e. The van der Waals surface area contributed by atoms with Crippen LogP contribution in [0.1, 0.15) is 32.1 Å². The van der Waals surface area contributed by atoms with E-state index in [1.54, 1.807) is 0 Å². The van der Waals surface area contributed by atoms with Gasteiger partial charge in [-0.1, -0.05) is 18.0 Å². The smallest absolute Gasteiger partial charge is 0.197 e. The summed E-state index contributed by atoms with van der Waals surface area (Å²) >= 11 is 0. The van der Waals surface area contributed by atoms with Gasteiger partial charge in [0, 0.05) is 0 Å². The van der Waals surface area contributed by atoms with E-state index < -0.39 is 23.0 Å². The van der Waals surface area contributed by atoms with E-state index in [4.69, 9.17) is 10.5 Å². The van der Waals surface area contributed by atoms with Crippen LogP contribution in [0.5, 0.6) is 0 Å². The van der Waals surface area contributed by atoms with E-state index in [2.05, 4.69) is 38.7 Å². The molecule has 0 aromatic carbocycles. The number of terminal acetylenes is 1. The van der Waals surface area contributed by atoms with Crippen LogP contribution in [0, 0.1) is 12.3 Å². The predicted octanol–water partition coefficient (Wildman–Crippen LogP) is 3.23. The Balaban J connectivity index is 0.000000321. The average molecular weight is 285 g/mol. The van der Waals surface area contributed by atoms with Crippen LogP contribution in [-0.4, -0.2) is 28.1 Å². The molecule has 1 aliphatic rings. The molecule has 1 aliphatic carbocycles. The van der Waals surface area contributed by atoms with E-state index in [9.17, 15) is 5.11 Å². The van der Waals surface area contributed by atoms with Crippen molar-refractivity contribution in [2.45, 2.75) is 63.9 Å². The minimum Gasteiger partial charge on any atom is -0.455 e. The molecule has 1 saturated carbocycles. The van der Waals surface area contributed by atoms with Gasteiger partial charge in [0.2, 0.25) is 0 Å². The van der Waals surface area contributed by atoms with Crippen molar-refractivity contribution < 1.29 is 9.22 Å². The zero-order valence-electron chi connectivity index (χ0n) is 12.3. The molecule has 0 heterocycles. The van der Waals surface area contributed by atoms with Crippen molar-refractivity contribution >= 4 is 17.4 Å². The topological polar surface area (TPSA) is 29.5 Å². The van der Waals surface area contributed by atoms with E-state index in [-0.39, 0.29) is 0 Å². The molecule has 0 bridgehead atoms. The van der Waals surface area contributed by atoms with E-state index in [1.807, 2.05) is 5.70 Å². The van der Waals surface area contributed by atoms with Crippen molar-refractivity contribution in [3.05, 3.63) is 12.3 Å². The Morgan fingerprint density at radius 1 is 1.33 bits per heavy atom. The molecule has 0 aromatic heterocycles. The number of hydrogen-bond acceptors (Lipinski definition) is 2. The first kappa shape index (κ1) is 17.7. The Morgan fingerprint density at radius 3 is 2.06 bits per heavy atom. The van der Waals surface area contributed by atoms with E-state index in [0.717, 1.165) is 25.7 Å². The molecule has 0 atom stereocenters. The maximum Gasteiger partial charge on any atom is 0.197 e. The molecule has 0 aliphatic heterocycles. The lowest BCUT2D eigenvalue weighted by molar-refractivity contribution is 0.0612. The highest BCUT2D eigenvalue weighted by molar-refractivity contribution is 6.81. The van der Waals surface area contributed by atoms with Crippen molar-refractivity contribution in [3.63, 3.8) is 0 Å². The fourth-order valence-corrected chi connectivity index (χ4v) is 7.18. The molecule has 104 valence electrons. The van der Waals surface area contributed by atoms with Gasteiger partial charge in [-0.3, -0.25) is 0 Å². The van der Waals surface area contributed by atoms with Gasteiger partial charge in [0.05, 0.1) is 0 Å². The van der Waals surface area contributed by atoms with Gasteiger partial charge in [0.25, 0.3) is 0 Å². The highest BCUT2D eigenvalue weighted by Crippen LogP contribution is 2.26. The molecule has 0 radical (unpaired) electrons. The fraction of sp³-hybridized carbons (Fsp3) is 0.714. The molecule has 0 saturated heterocycles. The molecule has 18 heavy (non-hydrogen) atoms. The van der Waals surface area contributed by atoms with Crippen LogP contribution >= 0.6 is 0 Å². The van der Waals surface area contributed by atoms with E-state index in [1.165, 1.54) is 6.42 Å². The van der Waals surface area contributed by atoms with Crippen LogP contribution < -0.4 is 0 Å². The zero-order valence-corrected chi connectivity index (χ0v) is 14.5. The average Bonchev–Trinajstić information content (AvgIpc) is 2.29. The Hall–Kier alpha value is -0.346. The molecule has 1 N–H and O–H groups in total. The highest BCUT2D eigenvalue weighted by Gasteiger charge is 2.25. The van der Waals surface area contributed by atoms with Gasteiger partial charge in [-0.25, -0.2) is 0 Å². The lowest BCUT2D eigenvalue weighted by Gasteiger charge is -2.26. The summed E-state index contributed by atoms with van der Waals surface area (Å²) in [4.78, 5) is 0. The third kappa shape index (κ3) is 7.88. The van der Waals surface area contributed by atoms with Crippen LogP contribution in [0.2, 0.25) is 26.2 Å². The van der Waals surface area contributed by atoms with E-state index >= 15 is 0 Å². The van der Waals surface area contributed by atoms with Gasteiger partial charge >= 0.3 is 0 Å². The minimum absolute atomic E-state index is 0.752. The molecule has 1 rings (SSSR count). The predicted molar refractivity (Wildman–Crippen MR) is 84.5 cm³/mol. The van der Waals surface area contributed by atoms with Gasteiger partial charge in [-0.05, 0) is 51.9 Å². The summed E-state index contributed by atoms with van der Waals surface area (Å²) < 4.78 is 5.75. The van der Waals surface area contributed by atoms with Crippen LogP contribution in [0.3, 0.4) is 0 Å². The van der Waals surface area contributed by atoms with Crippen molar-refractivity contribution in [1.29, 1.82) is 0 Å². The van der Waals surface area contributed by atoms with Crippen molar-refractivity contribution in [2.75, 3.05) is 0 Å². The lowest BCUT2D eigenvalue weighted by atomic mass is 9.86. The second-order valence-corrected chi connectivity index (χ2v) is 12.4. The molecule has 0 aromatic rings. The Bertz CT molecular complexity index is 287. The molecule has 1 fully saturated rings. The molecule has 4 heteroatoms.